The van der Waals surface area contributed by atoms with E-state index in [-0.39, 0.29) is 5.91 Å². The lowest BCUT2D eigenvalue weighted by Crippen LogP contribution is -2.21. The van der Waals surface area contributed by atoms with Gasteiger partial charge in [0.1, 0.15) is 11.5 Å². The van der Waals surface area contributed by atoms with E-state index in [4.69, 9.17) is 4.74 Å². The molecule has 0 atom stereocenters. The summed E-state index contributed by atoms with van der Waals surface area (Å²) in [6.45, 7) is 1.65. The van der Waals surface area contributed by atoms with Crippen LogP contribution in [0.5, 0.6) is 5.75 Å². The number of ether oxygens (including phenoxy) is 1. The third kappa shape index (κ3) is 4.35. The number of anilines is 2. The Morgan fingerprint density at radius 3 is 2.29 bits per heavy atom. The number of nitrogens with one attached hydrogen (secondary N) is 2. The summed E-state index contributed by atoms with van der Waals surface area (Å²) in [6.07, 6.45) is 0. The van der Waals surface area contributed by atoms with Crippen molar-refractivity contribution < 1.29 is 9.53 Å². The number of nitrogens with zero attached hydrogens (tertiary/aromatic N) is 1. The van der Waals surface area contributed by atoms with E-state index in [1.54, 1.807) is 38.3 Å². The molecule has 2 aromatic carbocycles. The summed E-state index contributed by atoms with van der Waals surface area (Å²) in [5.41, 5.74) is 4.70. The minimum atomic E-state index is -0.261. The third-order valence-corrected chi connectivity index (χ3v) is 2.80. The van der Waals surface area contributed by atoms with Gasteiger partial charge in [0.25, 0.3) is 5.91 Å². The van der Waals surface area contributed by atoms with Gasteiger partial charge in [0.05, 0.1) is 12.8 Å². The first-order chi connectivity index (χ1) is 10.2. The number of hydrogen-bond acceptors (Lipinski definition) is 4. The molecule has 5 nitrogen and oxygen atoms in total. The van der Waals surface area contributed by atoms with E-state index < -0.39 is 0 Å². The van der Waals surface area contributed by atoms with Crippen molar-refractivity contribution in [1.29, 1.82) is 0 Å². The van der Waals surface area contributed by atoms with Crippen molar-refractivity contribution in [2.45, 2.75) is 6.92 Å². The average molecular weight is 283 g/mol. The van der Waals surface area contributed by atoms with Gasteiger partial charge in [-0.25, -0.2) is 0 Å². The van der Waals surface area contributed by atoms with Crippen LogP contribution in [0.25, 0.3) is 0 Å². The maximum atomic E-state index is 12.0. The molecule has 0 radical (unpaired) electrons. The largest absolute Gasteiger partial charge is 0.497 e. The highest BCUT2D eigenvalue weighted by Gasteiger charge is 2.06. The Labute approximate surface area is 123 Å². The summed E-state index contributed by atoms with van der Waals surface area (Å²) >= 11 is 0. The predicted molar refractivity (Wildman–Crippen MR) is 84.8 cm³/mol. The number of para-hydroxylation sites is 1. The minimum Gasteiger partial charge on any atom is -0.497 e. The van der Waals surface area contributed by atoms with Crippen LogP contribution < -0.4 is 15.5 Å². The van der Waals surface area contributed by atoms with Crippen molar-refractivity contribution in [1.82, 2.24) is 0 Å². The number of rotatable bonds is 5. The zero-order valence-electron chi connectivity index (χ0n) is 12.0. The number of hydrazone groups is 1. The van der Waals surface area contributed by atoms with Crippen molar-refractivity contribution in [3.8, 4) is 5.75 Å². The SMILES string of the molecule is COc1ccc(NC(=O)C(C)=NNc2ccccc2)cc1. The van der Waals surface area contributed by atoms with E-state index in [2.05, 4.69) is 15.8 Å². The minimum absolute atomic E-state index is 0.261. The van der Waals surface area contributed by atoms with Crippen LogP contribution in [0.1, 0.15) is 6.92 Å². The summed E-state index contributed by atoms with van der Waals surface area (Å²) < 4.78 is 5.06. The highest BCUT2D eigenvalue weighted by atomic mass is 16.5. The molecule has 0 aliphatic carbocycles. The van der Waals surface area contributed by atoms with Gasteiger partial charge < -0.3 is 10.1 Å². The smallest absolute Gasteiger partial charge is 0.271 e. The van der Waals surface area contributed by atoms with Crippen LogP contribution in [0, 0.1) is 0 Å². The Balaban J connectivity index is 1.95. The van der Waals surface area contributed by atoms with Gasteiger partial charge in [-0.1, -0.05) is 18.2 Å². The number of carbonyl (C=O) groups is 1. The summed E-state index contributed by atoms with van der Waals surface area (Å²) in [7, 11) is 1.60. The molecule has 0 unspecified atom stereocenters. The van der Waals surface area contributed by atoms with Crippen LogP contribution in [0.3, 0.4) is 0 Å². The van der Waals surface area contributed by atoms with Crippen molar-refractivity contribution in [3.63, 3.8) is 0 Å². The van der Waals surface area contributed by atoms with E-state index in [1.807, 2.05) is 30.3 Å². The Morgan fingerprint density at radius 2 is 1.67 bits per heavy atom. The Hall–Kier alpha value is -2.82. The molecular formula is C16H17N3O2. The van der Waals surface area contributed by atoms with Crippen LogP contribution in [0.4, 0.5) is 11.4 Å². The van der Waals surface area contributed by atoms with Gasteiger partial charge >= 0.3 is 0 Å². The lowest BCUT2D eigenvalue weighted by atomic mass is 10.3. The van der Waals surface area contributed by atoms with Crippen LogP contribution in [-0.2, 0) is 4.79 Å². The molecule has 2 aromatic rings. The van der Waals surface area contributed by atoms with Gasteiger partial charge in [-0.2, -0.15) is 5.10 Å². The zero-order chi connectivity index (χ0) is 15.1. The van der Waals surface area contributed by atoms with E-state index in [9.17, 15) is 4.79 Å². The Morgan fingerprint density at radius 1 is 1.00 bits per heavy atom. The van der Waals surface area contributed by atoms with Gasteiger partial charge in [-0.05, 0) is 43.3 Å². The number of hydrogen-bond donors (Lipinski definition) is 2. The summed E-state index contributed by atoms with van der Waals surface area (Å²) in [6, 6.07) is 16.6. The lowest BCUT2D eigenvalue weighted by molar-refractivity contribution is -0.110. The molecule has 0 fully saturated rings. The maximum absolute atomic E-state index is 12.0. The number of amides is 1. The molecule has 1 amide bonds. The standard InChI is InChI=1S/C16H17N3O2/c1-12(18-19-14-6-4-3-5-7-14)16(20)17-13-8-10-15(21-2)11-9-13/h3-11,19H,1-2H3,(H,17,20). The molecule has 0 spiro atoms. The first kappa shape index (κ1) is 14.6. The van der Waals surface area contributed by atoms with Gasteiger partial charge in [0, 0.05) is 5.69 Å². The average Bonchev–Trinajstić information content (AvgIpc) is 2.54. The van der Waals surface area contributed by atoms with E-state index in [0.717, 1.165) is 11.4 Å². The molecule has 0 aliphatic heterocycles. The van der Waals surface area contributed by atoms with Gasteiger partial charge in [0.2, 0.25) is 0 Å². The second-order valence-electron chi connectivity index (χ2n) is 4.36. The zero-order valence-corrected chi connectivity index (χ0v) is 12.0. The predicted octanol–water partition coefficient (Wildman–Crippen LogP) is 3.12. The van der Waals surface area contributed by atoms with Crippen LogP contribution >= 0.6 is 0 Å². The normalized spacial score (nSPS) is 10.9. The molecule has 108 valence electrons. The first-order valence-corrected chi connectivity index (χ1v) is 6.50. The molecular weight excluding hydrogens is 266 g/mol. The van der Waals surface area contributed by atoms with Gasteiger partial charge in [0.15, 0.2) is 0 Å². The van der Waals surface area contributed by atoms with Crippen molar-refractivity contribution >= 4 is 23.0 Å². The lowest BCUT2D eigenvalue weighted by Gasteiger charge is -2.06. The fourth-order valence-corrected chi connectivity index (χ4v) is 1.61. The van der Waals surface area contributed by atoms with Crippen molar-refractivity contribution in [3.05, 3.63) is 54.6 Å². The fourth-order valence-electron chi connectivity index (χ4n) is 1.61. The summed E-state index contributed by atoms with van der Waals surface area (Å²) in [5.74, 6) is 0.479. The Kier molecular flexibility index (Phi) is 4.93. The molecule has 0 heterocycles. The quantitative estimate of drug-likeness (QED) is 0.654. The van der Waals surface area contributed by atoms with Crippen molar-refractivity contribution in [2.75, 3.05) is 17.9 Å². The third-order valence-electron chi connectivity index (χ3n) is 2.80. The monoisotopic (exact) mass is 283 g/mol. The molecule has 0 saturated carbocycles. The maximum Gasteiger partial charge on any atom is 0.271 e. The second-order valence-corrected chi connectivity index (χ2v) is 4.36. The van der Waals surface area contributed by atoms with Crippen LogP contribution in [0.2, 0.25) is 0 Å². The second kappa shape index (κ2) is 7.09. The number of benzene rings is 2. The molecule has 5 heteroatoms. The van der Waals surface area contributed by atoms with E-state index in [0.29, 0.717) is 11.4 Å². The Bertz CT molecular complexity index is 622. The highest BCUT2D eigenvalue weighted by Crippen LogP contribution is 2.15. The molecule has 0 aliphatic rings. The highest BCUT2D eigenvalue weighted by molar-refractivity contribution is 6.42. The van der Waals surface area contributed by atoms with Crippen LogP contribution in [0.15, 0.2) is 59.7 Å². The molecule has 21 heavy (non-hydrogen) atoms. The molecule has 0 saturated heterocycles. The number of methoxy groups -OCH3 is 1. The fraction of sp³-hybridized carbons (Fsp3) is 0.125. The molecule has 0 bridgehead atoms. The summed E-state index contributed by atoms with van der Waals surface area (Å²) in [5, 5.41) is 6.82. The molecule has 2 rings (SSSR count). The van der Waals surface area contributed by atoms with Crippen LogP contribution in [-0.4, -0.2) is 18.7 Å². The number of carbonyl (C=O) groups excluding carboxylic acids is 1. The molecule has 0 aromatic heterocycles. The van der Waals surface area contributed by atoms with Crippen molar-refractivity contribution in [2.24, 2.45) is 5.10 Å². The van der Waals surface area contributed by atoms with E-state index in [1.165, 1.54) is 0 Å². The van der Waals surface area contributed by atoms with Gasteiger partial charge in [-0.3, -0.25) is 10.2 Å². The molecule has 2 N–H and O–H groups in total. The first-order valence-electron chi connectivity index (χ1n) is 6.50. The summed E-state index contributed by atoms with van der Waals surface area (Å²) in [4.78, 5) is 12.0. The topological polar surface area (TPSA) is 62.7 Å². The van der Waals surface area contributed by atoms with E-state index >= 15 is 0 Å². The van der Waals surface area contributed by atoms with Gasteiger partial charge in [-0.15, -0.1) is 0 Å².